The normalized spacial score (nSPS) is 13.0. The molecule has 2 amide bonds. The minimum atomic E-state index is -0.398. The number of carbonyl (C=O) groups excluding carboxylic acids is 2. The largest absolute Gasteiger partial charge is 0.493 e. The van der Waals surface area contributed by atoms with Crippen molar-refractivity contribution in [3.63, 3.8) is 0 Å². The van der Waals surface area contributed by atoms with Crippen LogP contribution in [-0.2, 0) is 4.79 Å². The highest BCUT2D eigenvalue weighted by Gasteiger charge is 2.23. The summed E-state index contributed by atoms with van der Waals surface area (Å²) in [4.78, 5) is 26.1. The number of hydrogen-bond acceptors (Lipinski definition) is 5. The van der Waals surface area contributed by atoms with Gasteiger partial charge in [0.25, 0.3) is 5.91 Å². The molecule has 2 atom stereocenters. The third kappa shape index (κ3) is 4.35. The number of anilines is 1. The molecule has 7 nitrogen and oxygen atoms in total. The van der Waals surface area contributed by atoms with Crippen LogP contribution in [0.1, 0.15) is 24.2 Å². The van der Waals surface area contributed by atoms with Crippen LogP contribution < -0.4 is 20.5 Å². The molecule has 0 bridgehead atoms. The van der Waals surface area contributed by atoms with Crippen LogP contribution in [0, 0.1) is 5.92 Å². The number of nitrogens with zero attached hydrogens (tertiary/aromatic N) is 1. The fourth-order valence-corrected chi connectivity index (χ4v) is 1.89. The molecule has 0 fully saturated rings. The highest BCUT2D eigenvalue weighted by atomic mass is 16.5. The van der Waals surface area contributed by atoms with Gasteiger partial charge in [-0.15, -0.1) is 0 Å². The van der Waals surface area contributed by atoms with Gasteiger partial charge in [-0.1, -0.05) is 6.92 Å². The summed E-state index contributed by atoms with van der Waals surface area (Å²) in [7, 11) is 6.24. The highest BCUT2D eigenvalue weighted by Crippen LogP contribution is 2.34. The van der Waals surface area contributed by atoms with Gasteiger partial charge in [0.15, 0.2) is 11.5 Å². The van der Waals surface area contributed by atoms with Gasteiger partial charge in [0.1, 0.15) is 0 Å². The number of hydrogen-bond donors (Lipinski definition) is 2. The van der Waals surface area contributed by atoms with Gasteiger partial charge in [-0.3, -0.25) is 9.59 Å². The summed E-state index contributed by atoms with van der Waals surface area (Å²) in [5.74, 6) is -0.0809. The third-order valence-electron chi connectivity index (χ3n) is 3.62. The van der Waals surface area contributed by atoms with Crippen molar-refractivity contribution in [2.75, 3.05) is 33.6 Å². The van der Waals surface area contributed by atoms with Gasteiger partial charge >= 0.3 is 0 Å². The van der Waals surface area contributed by atoms with Gasteiger partial charge < -0.3 is 25.4 Å². The van der Waals surface area contributed by atoms with E-state index in [1.165, 1.54) is 19.1 Å². The topological polar surface area (TPSA) is 93.9 Å². The zero-order valence-corrected chi connectivity index (χ0v) is 14.5. The second-order valence-corrected chi connectivity index (χ2v) is 5.59. The predicted molar refractivity (Wildman–Crippen MR) is 89.0 cm³/mol. The monoisotopic (exact) mass is 323 g/mol. The maximum absolute atomic E-state index is 12.4. The second kappa shape index (κ2) is 7.82. The lowest BCUT2D eigenvalue weighted by atomic mass is 10.0. The molecule has 0 spiro atoms. The Morgan fingerprint density at radius 1 is 1.13 bits per heavy atom. The predicted octanol–water partition coefficient (Wildman–Crippen LogP) is 1.33. The number of rotatable bonds is 6. The first-order valence-corrected chi connectivity index (χ1v) is 7.27. The molecule has 0 aliphatic carbocycles. The van der Waals surface area contributed by atoms with Crippen LogP contribution in [0.5, 0.6) is 11.5 Å². The van der Waals surface area contributed by atoms with Gasteiger partial charge in [-0.25, -0.2) is 0 Å². The number of methoxy groups -OCH3 is 2. The molecular formula is C16H25N3O4. The summed E-state index contributed by atoms with van der Waals surface area (Å²) in [6.07, 6.45) is 0. The summed E-state index contributed by atoms with van der Waals surface area (Å²) in [5, 5.41) is 2.75. The van der Waals surface area contributed by atoms with E-state index in [1.807, 2.05) is 0 Å². The first-order valence-electron chi connectivity index (χ1n) is 7.27. The van der Waals surface area contributed by atoms with Crippen molar-refractivity contribution in [2.45, 2.75) is 19.9 Å². The zero-order valence-electron chi connectivity index (χ0n) is 14.5. The lowest BCUT2D eigenvalue weighted by molar-refractivity contribution is -0.119. The molecule has 0 aliphatic heterocycles. The second-order valence-electron chi connectivity index (χ2n) is 5.59. The Morgan fingerprint density at radius 3 is 2.09 bits per heavy atom. The minimum Gasteiger partial charge on any atom is -0.493 e. The minimum absolute atomic E-state index is 0.255. The van der Waals surface area contributed by atoms with Crippen molar-refractivity contribution in [1.82, 2.24) is 4.90 Å². The molecule has 0 heterocycles. The quantitative estimate of drug-likeness (QED) is 0.823. The molecule has 0 radical (unpaired) electrons. The third-order valence-corrected chi connectivity index (χ3v) is 3.62. The number of ether oxygens (including phenoxy) is 2. The molecule has 23 heavy (non-hydrogen) atoms. The molecule has 128 valence electrons. The van der Waals surface area contributed by atoms with E-state index in [0.29, 0.717) is 22.7 Å². The molecule has 7 heteroatoms. The first kappa shape index (κ1) is 18.8. The number of nitrogens with one attached hydrogen (secondary N) is 1. The Kier molecular flexibility index (Phi) is 6.38. The van der Waals surface area contributed by atoms with E-state index in [4.69, 9.17) is 15.2 Å². The lowest BCUT2D eigenvalue weighted by Gasteiger charge is -2.20. The summed E-state index contributed by atoms with van der Waals surface area (Å²) >= 11 is 0. The number of carbonyl (C=O) groups is 2. The molecular weight excluding hydrogens is 298 g/mol. The van der Waals surface area contributed by atoms with Gasteiger partial charge in [-0.2, -0.15) is 0 Å². The van der Waals surface area contributed by atoms with E-state index in [2.05, 4.69) is 5.32 Å². The molecule has 0 aliphatic rings. The average molecular weight is 323 g/mol. The smallest absolute Gasteiger partial charge is 0.255 e. The summed E-state index contributed by atoms with van der Waals surface area (Å²) in [6.45, 7) is 3.49. The van der Waals surface area contributed by atoms with E-state index in [-0.39, 0.29) is 17.9 Å². The van der Waals surface area contributed by atoms with Crippen molar-refractivity contribution in [3.8, 4) is 11.5 Å². The molecule has 0 aromatic heterocycles. The summed E-state index contributed by atoms with van der Waals surface area (Å²) in [6, 6.07) is 2.82. The molecule has 1 rings (SSSR count). The Labute approximate surface area is 136 Å². The molecule has 2 unspecified atom stereocenters. The van der Waals surface area contributed by atoms with Crippen LogP contribution in [0.15, 0.2) is 12.1 Å². The molecule has 0 saturated heterocycles. The van der Waals surface area contributed by atoms with E-state index in [0.717, 1.165) is 0 Å². The van der Waals surface area contributed by atoms with Gasteiger partial charge in [0.2, 0.25) is 5.91 Å². The summed E-state index contributed by atoms with van der Waals surface area (Å²) in [5.41, 5.74) is 6.44. The maximum atomic E-state index is 12.4. The Morgan fingerprint density at radius 2 is 1.65 bits per heavy atom. The lowest BCUT2D eigenvalue weighted by Crippen LogP contribution is -2.35. The maximum Gasteiger partial charge on any atom is 0.255 e. The number of benzene rings is 1. The molecule has 1 aromatic rings. The van der Waals surface area contributed by atoms with Crippen molar-refractivity contribution in [3.05, 3.63) is 17.7 Å². The van der Waals surface area contributed by atoms with Crippen LogP contribution in [0.2, 0.25) is 0 Å². The van der Waals surface area contributed by atoms with Crippen LogP contribution in [-0.4, -0.2) is 51.1 Å². The van der Waals surface area contributed by atoms with Crippen molar-refractivity contribution in [1.29, 1.82) is 0 Å². The standard InChI is InChI=1S/C16H25N3O4/c1-9(10(2)17)15(20)18-12-8-14(23-6)13(22-5)7-11(12)16(21)19(3)4/h7-10H,17H2,1-6H3,(H,18,20). The number of amides is 2. The fraction of sp³-hybridized carbons (Fsp3) is 0.500. The van der Waals surface area contributed by atoms with E-state index >= 15 is 0 Å². The fourth-order valence-electron chi connectivity index (χ4n) is 1.89. The van der Waals surface area contributed by atoms with Crippen LogP contribution in [0.4, 0.5) is 5.69 Å². The van der Waals surface area contributed by atoms with E-state index in [1.54, 1.807) is 40.1 Å². The van der Waals surface area contributed by atoms with Crippen LogP contribution in [0.25, 0.3) is 0 Å². The SMILES string of the molecule is COc1cc(NC(=O)C(C)C(C)N)c(C(=O)N(C)C)cc1OC. The highest BCUT2D eigenvalue weighted by molar-refractivity contribution is 6.04. The zero-order chi connectivity index (χ0) is 17.7. The molecule has 1 aromatic carbocycles. The van der Waals surface area contributed by atoms with Crippen LogP contribution >= 0.6 is 0 Å². The van der Waals surface area contributed by atoms with E-state index < -0.39 is 5.92 Å². The summed E-state index contributed by atoms with van der Waals surface area (Å²) < 4.78 is 10.5. The van der Waals surface area contributed by atoms with Crippen molar-refractivity contribution < 1.29 is 19.1 Å². The van der Waals surface area contributed by atoms with Gasteiger partial charge in [0.05, 0.1) is 31.4 Å². The van der Waals surface area contributed by atoms with E-state index in [9.17, 15) is 9.59 Å². The number of nitrogens with two attached hydrogens (primary N) is 1. The van der Waals surface area contributed by atoms with Gasteiger partial charge in [0, 0.05) is 26.2 Å². The van der Waals surface area contributed by atoms with Gasteiger partial charge in [-0.05, 0) is 13.0 Å². The van der Waals surface area contributed by atoms with Crippen molar-refractivity contribution in [2.24, 2.45) is 11.7 Å². The molecule has 0 saturated carbocycles. The average Bonchev–Trinajstić information content (AvgIpc) is 2.52. The Hall–Kier alpha value is -2.28. The Balaban J connectivity index is 3.32. The molecule has 3 N–H and O–H groups in total. The van der Waals surface area contributed by atoms with Crippen molar-refractivity contribution >= 4 is 17.5 Å². The van der Waals surface area contributed by atoms with Crippen LogP contribution in [0.3, 0.4) is 0 Å². The first-order chi connectivity index (χ1) is 10.7. The Bertz CT molecular complexity index is 585.